The predicted molar refractivity (Wildman–Crippen MR) is 63.3 cm³/mol. The minimum absolute atomic E-state index is 0.0843. The van der Waals surface area contributed by atoms with Crippen molar-refractivity contribution in [2.75, 3.05) is 6.54 Å². The molecule has 0 radical (unpaired) electrons. The van der Waals surface area contributed by atoms with Gasteiger partial charge in [-0.3, -0.25) is 4.79 Å². The average molecular weight is 339 g/mol. The van der Waals surface area contributed by atoms with Crippen LogP contribution in [0.4, 0.5) is 0 Å². The molecule has 0 aliphatic carbocycles. The van der Waals surface area contributed by atoms with E-state index in [9.17, 15) is 13.2 Å². The van der Waals surface area contributed by atoms with Crippen molar-refractivity contribution < 1.29 is 18.3 Å². The number of sulfonamides is 1. The Morgan fingerprint density at radius 2 is 2.22 bits per heavy atom. The molecule has 2 rings (SSSR count). The molecule has 1 aliphatic rings. The Kier molecular flexibility index (Phi) is 3.43. The van der Waals surface area contributed by atoms with Crippen LogP contribution in [0, 0.1) is 0 Å². The van der Waals surface area contributed by atoms with E-state index in [-0.39, 0.29) is 16.2 Å². The molecule has 10 heteroatoms. The lowest BCUT2D eigenvalue weighted by atomic mass is 10.2. The summed E-state index contributed by atoms with van der Waals surface area (Å²) in [7, 11) is -2.47. The highest BCUT2D eigenvalue weighted by Crippen LogP contribution is 2.28. The first-order chi connectivity index (χ1) is 8.35. The predicted octanol–water partition coefficient (Wildman–Crippen LogP) is -0.185. The number of halogens is 1. The molecule has 0 saturated carbocycles. The fourth-order valence-corrected chi connectivity index (χ4v) is 4.67. The maximum atomic E-state index is 12.4. The van der Waals surface area contributed by atoms with Crippen LogP contribution >= 0.6 is 15.9 Å². The molecule has 0 unspecified atom stereocenters. The summed E-state index contributed by atoms with van der Waals surface area (Å²) in [4.78, 5) is 11.0. The maximum Gasteiger partial charge on any atom is 0.322 e. The summed E-state index contributed by atoms with van der Waals surface area (Å²) < 4.78 is 26.9. The van der Waals surface area contributed by atoms with E-state index in [1.807, 2.05) is 0 Å². The van der Waals surface area contributed by atoms with E-state index in [0.717, 1.165) is 8.99 Å². The van der Waals surface area contributed by atoms with Gasteiger partial charge >= 0.3 is 5.97 Å². The molecule has 8 nitrogen and oxygen atoms in total. The summed E-state index contributed by atoms with van der Waals surface area (Å²) in [5.74, 6) is -1.14. The van der Waals surface area contributed by atoms with E-state index in [2.05, 4.69) is 26.2 Å². The first kappa shape index (κ1) is 13.4. The molecule has 1 aliphatic heterocycles. The standard InChI is InChI=1S/C8H11BrN4O4S/c1-12-7(6(9)10-11-12)18(16,17)13-4-2-3-5(13)8(14)15/h5H,2-4H2,1H3,(H,14,15)/t5-/m0/s1. The number of aliphatic carboxylic acids is 1. The zero-order valence-electron chi connectivity index (χ0n) is 9.45. The number of hydrogen-bond acceptors (Lipinski definition) is 5. The number of carboxylic acids is 1. The van der Waals surface area contributed by atoms with Gasteiger partial charge in [-0.1, -0.05) is 5.21 Å². The van der Waals surface area contributed by atoms with E-state index in [0.29, 0.717) is 12.8 Å². The molecule has 0 aromatic carbocycles. The van der Waals surface area contributed by atoms with E-state index < -0.39 is 22.0 Å². The second-order valence-electron chi connectivity index (χ2n) is 3.92. The fraction of sp³-hybridized carbons (Fsp3) is 0.625. The molecule has 0 bridgehead atoms. The summed E-state index contributed by atoms with van der Waals surface area (Å²) in [6.07, 6.45) is 0.844. The number of carboxylic acid groups (broad SMARTS) is 1. The molecule has 0 spiro atoms. The van der Waals surface area contributed by atoms with Crippen LogP contribution in [0.25, 0.3) is 0 Å². The summed E-state index contributed by atoms with van der Waals surface area (Å²) in [6, 6.07) is -1.02. The Morgan fingerprint density at radius 1 is 1.56 bits per heavy atom. The second-order valence-corrected chi connectivity index (χ2v) is 6.48. The van der Waals surface area contributed by atoms with Crippen LogP contribution in [-0.2, 0) is 21.9 Å². The van der Waals surface area contributed by atoms with Crippen molar-refractivity contribution in [1.82, 2.24) is 19.3 Å². The first-order valence-electron chi connectivity index (χ1n) is 5.15. The molecule has 1 saturated heterocycles. The summed E-state index contributed by atoms with van der Waals surface area (Å²) in [5.41, 5.74) is 0. The third-order valence-corrected chi connectivity index (χ3v) is 5.58. The molecule has 18 heavy (non-hydrogen) atoms. The smallest absolute Gasteiger partial charge is 0.322 e. The van der Waals surface area contributed by atoms with Gasteiger partial charge in [0, 0.05) is 13.6 Å². The maximum absolute atomic E-state index is 12.4. The molecule has 1 aromatic heterocycles. The molecule has 1 aromatic rings. The topological polar surface area (TPSA) is 105 Å². The number of rotatable bonds is 3. The van der Waals surface area contributed by atoms with Gasteiger partial charge in [0.15, 0.2) is 4.60 Å². The monoisotopic (exact) mass is 338 g/mol. The van der Waals surface area contributed by atoms with E-state index in [4.69, 9.17) is 5.11 Å². The van der Waals surface area contributed by atoms with Crippen molar-refractivity contribution in [2.45, 2.75) is 23.9 Å². The molecule has 1 fully saturated rings. The minimum atomic E-state index is -3.91. The largest absolute Gasteiger partial charge is 0.480 e. The highest BCUT2D eigenvalue weighted by Gasteiger charge is 2.42. The molecule has 2 heterocycles. The molecular weight excluding hydrogens is 328 g/mol. The minimum Gasteiger partial charge on any atom is -0.480 e. The van der Waals surface area contributed by atoms with Gasteiger partial charge < -0.3 is 5.11 Å². The van der Waals surface area contributed by atoms with Crippen molar-refractivity contribution in [1.29, 1.82) is 0 Å². The van der Waals surface area contributed by atoms with Gasteiger partial charge in [-0.15, -0.1) is 5.10 Å². The number of nitrogens with zero attached hydrogens (tertiary/aromatic N) is 4. The van der Waals surface area contributed by atoms with Gasteiger partial charge in [-0.2, -0.15) is 4.31 Å². The number of aryl methyl sites for hydroxylation is 1. The van der Waals surface area contributed by atoms with Crippen LogP contribution < -0.4 is 0 Å². The van der Waals surface area contributed by atoms with Crippen LogP contribution in [-0.4, -0.2) is 51.4 Å². The summed E-state index contributed by atoms with van der Waals surface area (Å²) >= 11 is 3.01. The van der Waals surface area contributed by atoms with Crippen molar-refractivity contribution in [2.24, 2.45) is 7.05 Å². The second kappa shape index (κ2) is 4.59. The van der Waals surface area contributed by atoms with E-state index >= 15 is 0 Å². The van der Waals surface area contributed by atoms with Crippen LogP contribution in [0.3, 0.4) is 0 Å². The van der Waals surface area contributed by atoms with Crippen LogP contribution in [0.15, 0.2) is 9.63 Å². The zero-order chi connectivity index (χ0) is 13.5. The number of aromatic nitrogens is 3. The highest BCUT2D eigenvalue weighted by molar-refractivity contribution is 9.10. The van der Waals surface area contributed by atoms with Crippen LogP contribution in [0.1, 0.15) is 12.8 Å². The van der Waals surface area contributed by atoms with E-state index in [1.54, 1.807) is 0 Å². The Morgan fingerprint density at radius 3 is 2.72 bits per heavy atom. The lowest BCUT2D eigenvalue weighted by Crippen LogP contribution is -2.41. The van der Waals surface area contributed by atoms with Crippen LogP contribution in [0.2, 0.25) is 0 Å². The van der Waals surface area contributed by atoms with Gasteiger partial charge in [0.1, 0.15) is 6.04 Å². The molecule has 0 amide bonds. The van der Waals surface area contributed by atoms with Crippen molar-refractivity contribution in [3.05, 3.63) is 4.60 Å². The molecular formula is C8H11BrN4O4S. The first-order valence-corrected chi connectivity index (χ1v) is 7.39. The Hall–Kier alpha value is -1.00. The van der Waals surface area contributed by atoms with Gasteiger partial charge in [-0.05, 0) is 28.8 Å². The van der Waals surface area contributed by atoms with Gasteiger partial charge in [0.05, 0.1) is 0 Å². The van der Waals surface area contributed by atoms with Crippen molar-refractivity contribution in [3.63, 3.8) is 0 Å². The van der Waals surface area contributed by atoms with Crippen molar-refractivity contribution >= 4 is 31.9 Å². The molecule has 100 valence electrons. The number of hydrogen-bond donors (Lipinski definition) is 1. The SMILES string of the molecule is Cn1nnc(Br)c1S(=O)(=O)N1CCC[C@H]1C(=O)O. The Labute approximate surface area is 112 Å². The van der Waals surface area contributed by atoms with Gasteiger partial charge in [-0.25, -0.2) is 13.1 Å². The fourth-order valence-electron chi connectivity index (χ4n) is 1.98. The highest BCUT2D eigenvalue weighted by atomic mass is 79.9. The van der Waals surface area contributed by atoms with Crippen molar-refractivity contribution in [3.8, 4) is 0 Å². The normalized spacial score (nSPS) is 21.3. The molecule has 1 atom stereocenters. The number of carbonyl (C=O) groups is 1. The Balaban J connectivity index is 2.46. The molecule has 1 N–H and O–H groups in total. The zero-order valence-corrected chi connectivity index (χ0v) is 11.8. The summed E-state index contributed by atoms with van der Waals surface area (Å²) in [5, 5.41) is 16.1. The lowest BCUT2D eigenvalue weighted by molar-refractivity contribution is -0.140. The Bertz CT molecular complexity index is 564. The van der Waals surface area contributed by atoms with Gasteiger partial charge in [0.25, 0.3) is 10.0 Å². The lowest BCUT2D eigenvalue weighted by Gasteiger charge is -2.20. The summed E-state index contributed by atoms with van der Waals surface area (Å²) in [6.45, 7) is 0.191. The van der Waals surface area contributed by atoms with Gasteiger partial charge in [0.2, 0.25) is 5.03 Å². The third-order valence-electron chi connectivity index (χ3n) is 2.78. The van der Waals surface area contributed by atoms with E-state index in [1.165, 1.54) is 7.05 Å². The third kappa shape index (κ3) is 2.04. The average Bonchev–Trinajstić information content (AvgIpc) is 2.85. The van der Waals surface area contributed by atoms with Crippen LogP contribution in [0.5, 0.6) is 0 Å². The quantitative estimate of drug-likeness (QED) is 0.819.